The Morgan fingerprint density at radius 3 is 2.46 bits per heavy atom. The monoisotopic (exact) mass is 358 g/mol. The van der Waals surface area contributed by atoms with Crippen LogP contribution in [0.25, 0.3) is 0 Å². The summed E-state index contributed by atoms with van der Waals surface area (Å²) < 4.78 is 6.01. The third kappa shape index (κ3) is 4.85. The number of carbonyl (C=O) groups excluding carboxylic acids is 2. The Kier molecular flexibility index (Phi) is 6.67. The van der Waals surface area contributed by atoms with Gasteiger partial charge in [0.2, 0.25) is 11.8 Å². The van der Waals surface area contributed by atoms with Crippen molar-refractivity contribution in [2.24, 2.45) is 5.92 Å². The van der Waals surface area contributed by atoms with Gasteiger partial charge in [-0.3, -0.25) is 9.59 Å². The van der Waals surface area contributed by atoms with E-state index < -0.39 is 0 Å². The van der Waals surface area contributed by atoms with E-state index in [2.05, 4.69) is 12.1 Å². The highest BCUT2D eigenvalue weighted by Crippen LogP contribution is 2.23. The number of nitrogens with zero attached hydrogens (tertiary/aromatic N) is 2. The Hall–Kier alpha value is -1.88. The highest BCUT2D eigenvalue weighted by Gasteiger charge is 2.32. The van der Waals surface area contributed by atoms with Gasteiger partial charge in [-0.2, -0.15) is 0 Å². The lowest BCUT2D eigenvalue weighted by Crippen LogP contribution is -2.49. The molecule has 142 valence electrons. The van der Waals surface area contributed by atoms with Gasteiger partial charge >= 0.3 is 0 Å². The zero-order chi connectivity index (χ0) is 18.4. The van der Waals surface area contributed by atoms with Crippen LogP contribution in [-0.2, 0) is 20.9 Å². The van der Waals surface area contributed by atoms with Crippen LogP contribution in [0.4, 0.5) is 0 Å². The molecule has 1 atom stereocenters. The predicted molar refractivity (Wildman–Crippen MR) is 100 cm³/mol. The first-order chi connectivity index (χ1) is 12.7. The number of ether oxygens (including phenoxy) is 1. The van der Waals surface area contributed by atoms with Crippen LogP contribution < -0.4 is 0 Å². The van der Waals surface area contributed by atoms with Crippen LogP contribution in [0.2, 0.25) is 0 Å². The minimum atomic E-state index is -0.0268. The van der Waals surface area contributed by atoms with E-state index in [0.717, 1.165) is 45.3 Å². The predicted octanol–water partition coefficient (Wildman–Crippen LogP) is 2.84. The van der Waals surface area contributed by atoms with Crippen molar-refractivity contribution in [2.45, 2.75) is 51.7 Å². The summed E-state index contributed by atoms with van der Waals surface area (Å²) in [6.45, 7) is 5.43. The van der Waals surface area contributed by atoms with Crippen molar-refractivity contribution >= 4 is 11.8 Å². The molecule has 0 spiro atoms. The van der Waals surface area contributed by atoms with Crippen LogP contribution in [-0.4, -0.2) is 53.9 Å². The summed E-state index contributed by atoms with van der Waals surface area (Å²) in [5.41, 5.74) is 1.19. The number of rotatable bonds is 5. The zero-order valence-corrected chi connectivity index (χ0v) is 15.7. The van der Waals surface area contributed by atoms with E-state index >= 15 is 0 Å². The molecule has 2 saturated heterocycles. The number of benzene rings is 1. The van der Waals surface area contributed by atoms with E-state index in [1.807, 2.05) is 34.9 Å². The highest BCUT2D eigenvalue weighted by atomic mass is 16.5. The Balaban J connectivity index is 1.44. The molecule has 3 rings (SSSR count). The van der Waals surface area contributed by atoms with E-state index in [4.69, 9.17) is 4.74 Å². The maximum absolute atomic E-state index is 12.8. The van der Waals surface area contributed by atoms with E-state index in [1.165, 1.54) is 5.56 Å². The molecule has 0 N–H and O–H groups in total. The number of hydrogen-bond donors (Lipinski definition) is 0. The Morgan fingerprint density at radius 1 is 1.04 bits per heavy atom. The Morgan fingerprint density at radius 2 is 1.77 bits per heavy atom. The molecular formula is C21H30N2O3. The van der Waals surface area contributed by atoms with E-state index in [0.29, 0.717) is 19.6 Å². The second kappa shape index (κ2) is 9.17. The quantitative estimate of drug-likeness (QED) is 0.813. The first-order valence-corrected chi connectivity index (χ1v) is 9.89. The van der Waals surface area contributed by atoms with Crippen LogP contribution in [0.5, 0.6) is 0 Å². The smallest absolute Gasteiger partial charge is 0.227 e. The van der Waals surface area contributed by atoms with Gasteiger partial charge in [0.05, 0.1) is 18.6 Å². The average Bonchev–Trinajstić information content (AvgIpc) is 2.72. The molecule has 0 aromatic heterocycles. The largest absolute Gasteiger partial charge is 0.373 e. The number of amides is 2. The van der Waals surface area contributed by atoms with Crippen molar-refractivity contribution < 1.29 is 14.3 Å². The van der Waals surface area contributed by atoms with Gasteiger partial charge in [0.1, 0.15) is 0 Å². The van der Waals surface area contributed by atoms with Crippen molar-refractivity contribution in [3.63, 3.8) is 0 Å². The highest BCUT2D eigenvalue weighted by molar-refractivity contribution is 5.81. The molecule has 0 saturated carbocycles. The van der Waals surface area contributed by atoms with Gasteiger partial charge in [-0.1, -0.05) is 37.3 Å². The lowest BCUT2D eigenvalue weighted by Gasteiger charge is -2.37. The van der Waals surface area contributed by atoms with Gasteiger partial charge in [-0.25, -0.2) is 0 Å². The fourth-order valence-corrected chi connectivity index (χ4v) is 3.92. The fraction of sp³-hybridized carbons (Fsp3) is 0.619. The number of hydrogen-bond acceptors (Lipinski definition) is 3. The molecule has 0 bridgehead atoms. The topological polar surface area (TPSA) is 49.9 Å². The molecule has 0 radical (unpaired) electrons. The Bertz CT molecular complexity index is 597. The lowest BCUT2D eigenvalue weighted by atomic mass is 9.95. The first kappa shape index (κ1) is 18.9. The molecule has 1 aromatic rings. The SMILES string of the molecule is CCC(=O)N1CCC[C@@H](C(=O)N2CCC(OCc3ccccc3)CC2)C1. The van der Waals surface area contributed by atoms with Gasteiger partial charge in [0.15, 0.2) is 0 Å². The minimum Gasteiger partial charge on any atom is -0.373 e. The van der Waals surface area contributed by atoms with Gasteiger partial charge in [-0.05, 0) is 31.2 Å². The lowest BCUT2D eigenvalue weighted by molar-refractivity contribution is -0.142. The molecule has 0 aliphatic carbocycles. The summed E-state index contributed by atoms with van der Waals surface area (Å²) >= 11 is 0. The second-order valence-corrected chi connectivity index (χ2v) is 7.35. The van der Waals surface area contributed by atoms with Gasteiger partial charge in [-0.15, -0.1) is 0 Å². The van der Waals surface area contributed by atoms with Crippen LogP contribution in [0.15, 0.2) is 30.3 Å². The fourth-order valence-electron chi connectivity index (χ4n) is 3.92. The van der Waals surface area contributed by atoms with Crippen molar-refractivity contribution in [2.75, 3.05) is 26.2 Å². The first-order valence-electron chi connectivity index (χ1n) is 9.89. The van der Waals surface area contributed by atoms with Crippen molar-refractivity contribution in [3.05, 3.63) is 35.9 Å². The molecule has 2 heterocycles. The van der Waals surface area contributed by atoms with Gasteiger partial charge in [0, 0.05) is 32.6 Å². The summed E-state index contributed by atoms with van der Waals surface area (Å²) in [7, 11) is 0. The van der Waals surface area contributed by atoms with E-state index in [9.17, 15) is 9.59 Å². The van der Waals surface area contributed by atoms with Crippen molar-refractivity contribution in [1.82, 2.24) is 9.80 Å². The molecule has 2 amide bonds. The van der Waals surface area contributed by atoms with Gasteiger partial charge in [0.25, 0.3) is 0 Å². The maximum Gasteiger partial charge on any atom is 0.227 e. The second-order valence-electron chi connectivity index (χ2n) is 7.35. The minimum absolute atomic E-state index is 0.0268. The maximum atomic E-state index is 12.8. The molecule has 5 nitrogen and oxygen atoms in total. The summed E-state index contributed by atoms with van der Waals surface area (Å²) in [6.07, 6.45) is 4.36. The molecule has 1 aromatic carbocycles. The van der Waals surface area contributed by atoms with Crippen LogP contribution >= 0.6 is 0 Å². The number of carbonyl (C=O) groups is 2. The normalized spacial score (nSPS) is 21.7. The third-order valence-electron chi connectivity index (χ3n) is 5.51. The van der Waals surface area contributed by atoms with E-state index in [1.54, 1.807) is 0 Å². The molecule has 5 heteroatoms. The third-order valence-corrected chi connectivity index (χ3v) is 5.51. The zero-order valence-electron chi connectivity index (χ0n) is 15.7. The molecular weight excluding hydrogens is 328 g/mol. The van der Waals surface area contributed by atoms with Crippen LogP contribution in [0.1, 0.15) is 44.6 Å². The molecule has 2 aliphatic rings. The summed E-state index contributed by atoms with van der Waals surface area (Å²) in [6, 6.07) is 10.2. The molecule has 2 aliphatic heterocycles. The van der Waals surface area contributed by atoms with E-state index in [-0.39, 0.29) is 23.8 Å². The van der Waals surface area contributed by atoms with Crippen molar-refractivity contribution in [1.29, 1.82) is 0 Å². The average molecular weight is 358 g/mol. The summed E-state index contributed by atoms with van der Waals surface area (Å²) in [5, 5.41) is 0. The number of likely N-dealkylation sites (tertiary alicyclic amines) is 2. The summed E-state index contributed by atoms with van der Waals surface area (Å²) in [5.74, 6) is 0.358. The summed E-state index contributed by atoms with van der Waals surface area (Å²) in [4.78, 5) is 28.6. The van der Waals surface area contributed by atoms with Crippen LogP contribution in [0, 0.1) is 5.92 Å². The Labute approximate surface area is 156 Å². The van der Waals surface area contributed by atoms with Crippen molar-refractivity contribution in [3.8, 4) is 0 Å². The van der Waals surface area contributed by atoms with Crippen LogP contribution in [0.3, 0.4) is 0 Å². The molecule has 2 fully saturated rings. The standard InChI is InChI=1S/C21H30N2O3/c1-2-20(24)23-12-6-9-18(15-23)21(25)22-13-10-19(11-14-22)26-16-17-7-4-3-5-8-17/h3-5,7-8,18-19H,2,6,9-16H2,1H3/t18-/m1/s1. The molecule has 0 unspecified atom stereocenters. The molecule has 26 heavy (non-hydrogen) atoms. The van der Waals surface area contributed by atoms with Gasteiger partial charge < -0.3 is 14.5 Å². The number of piperidine rings is 2.